The Kier molecular flexibility index (Phi) is 5.52. The van der Waals surface area contributed by atoms with Crippen LogP contribution in [-0.2, 0) is 16.1 Å². The van der Waals surface area contributed by atoms with Gasteiger partial charge in [0.25, 0.3) is 0 Å². The molecule has 1 atom stereocenters. The van der Waals surface area contributed by atoms with E-state index in [0.717, 1.165) is 37.4 Å². The fraction of sp³-hybridized carbons (Fsp3) is 0.533. The molecule has 110 valence electrons. The molecule has 1 saturated heterocycles. The minimum atomic E-state index is -0.154. The quantitative estimate of drug-likeness (QED) is 0.867. The smallest absolute Gasteiger partial charge is 0.241 e. The van der Waals surface area contributed by atoms with E-state index in [0.29, 0.717) is 13.2 Å². The van der Waals surface area contributed by atoms with Crippen molar-refractivity contribution in [1.82, 2.24) is 4.90 Å². The van der Waals surface area contributed by atoms with Crippen LogP contribution in [0.2, 0.25) is 0 Å². The van der Waals surface area contributed by atoms with E-state index in [1.807, 2.05) is 31.2 Å². The maximum atomic E-state index is 12.3. The summed E-state index contributed by atoms with van der Waals surface area (Å²) in [7, 11) is 0. The summed E-state index contributed by atoms with van der Waals surface area (Å²) >= 11 is 0. The highest BCUT2D eigenvalue weighted by Crippen LogP contribution is 2.12. The van der Waals surface area contributed by atoms with Gasteiger partial charge in [-0.1, -0.05) is 12.1 Å². The van der Waals surface area contributed by atoms with E-state index < -0.39 is 0 Å². The van der Waals surface area contributed by atoms with Gasteiger partial charge in [-0.15, -0.1) is 0 Å². The molecule has 0 aliphatic carbocycles. The molecule has 1 heterocycles. The lowest BCUT2D eigenvalue weighted by Gasteiger charge is -2.26. The molecule has 1 aromatic carbocycles. The molecular weight excluding hydrogens is 254 g/mol. The highest BCUT2D eigenvalue weighted by atomic mass is 16.5. The number of rotatable bonds is 4. The Morgan fingerprint density at radius 3 is 3.10 bits per heavy atom. The first kappa shape index (κ1) is 15.0. The third kappa shape index (κ3) is 4.03. The summed E-state index contributed by atoms with van der Waals surface area (Å²) in [5.41, 5.74) is 7.42. The number of ether oxygens (including phenoxy) is 1. The van der Waals surface area contributed by atoms with Gasteiger partial charge in [0, 0.05) is 31.9 Å². The summed E-state index contributed by atoms with van der Waals surface area (Å²) in [6.07, 6.45) is 0.972. The van der Waals surface area contributed by atoms with Gasteiger partial charge in [0.05, 0.1) is 12.6 Å². The Hall–Kier alpha value is -1.43. The molecule has 1 fully saturated rings. The fourth-order valence-corrected chi connectivity index (χ4v) is 2.34. The molecule has 2 rings (SSSR count). The first-order chi connectivity index (χ1) is 9.70. The van der Waals surface area contributed by atoms with E-state index in [1.54, 1.807) is 0 Å². The van der Waals surface area contributed by atoms with Gasteiger partial charge >= 0.3 is 0 Å². The summed E-state index contributed by atoms with van der Waals surface area (Å²) in [6.45, 7) is 5.59. The van der Waals surface area contributed by atoms with Crippen LogP contribution in [0.15, 0.2) is 24.3 Å². The number of nitrogens with zero attached hydrogens (tertiary/aromatic N) is 1. The molecule has 3 N–H and O–H groups in total. The van der Waals surface area contributed by atoms with Gasteiger partial charge in [-0.2, -0.15) is 0 Å². The van der Waals surface area contributed by atoms with E-state index in [-0.39, 0.29) is 11.9 Å². The zero-order valence-electron chi connectivity index (χ0n) is 12.0. The van der Waals surface area contributed by atoms with Crippen LogP contribution in [0.5, 0.6) is 0 Å². The van der Waals surface area contributed by atoms with Crippen LogP contribution in [0.4, 0.5) is 5.69 Å². The minimum Gasteiger partial charge on any atom is -0.380 e. The number of hydrogen-bond donors (Lipinski definition) is 2. The van der Waals surface area contributed by atoms with Crippen LogP contribution in [0.1, 0.15) is 18.9 Å². The van der Waals surface area contributed by atoms with Crippen molar-refractivity contribution in [3.63, 3.8) is 0 Å². The summed E-state index contributed by atoms with van der Waals surface area (Å²) in [5.74, 6) is 0.0149. The molecule has 0 aromatic heterocycles. The van der Waals surface area contributed by atoms with Crippen molar-refractivity contribution >= 4 is 11.6 Å². The number of hydrogen-bond acceptors (Lipinski definition) is 4. The molecule has 20 heavy (non-hydrogen) atoms. The molecule has 1 amide bonds. The molecule has 1 aliphatic rings. The highest BCUT2D eigenvalue weighted by Gasteiger charge is 2.22. The fourth-order valence-electron chi connectivity index (χ4n) is 2.34. The Morgan fingerprint density at radius 2 is 2.30 bits per heavy atom. The predicted octanol–water partition coefficient (Wildman–Crippen LogP) is 1.19. The zero-order valence-corrected chi connectivity index (χ0v) is 12.0. The molecule has 1 aromatic rings. The molecule has 5 nitrogen and oxygen atoms in total. The second-order valence-electron chi connectivity index (χ2n) is 5.07. The third-order valence-corrected chi connectivity index (χ3v) is 3.61. The predicted molar refractivity (Wildman–Crippen MR) is 79.4 cm³/mol. The van der Waals surface area contributed by atoms with Crippen LogP contribution in [0, 0.1) is 0 Å². The lowest BCUT2D eigenvalue weighted by atomic mass is 10.2. The van der Waals surface area contributed by atoms with Crippen LogP contribution >= 0.6 is 0 Å². The summed E-state index contributed by atoms with van der Waals surface area (Å²) < 4.78 is 5.42. The van der Waals surface area contributed by atoms with Crippen LogP contribution in [0.25, 0.3) is 0 Å². The third-order valence-electron chi connectivity index (χ3n) is 3.61. The summed E-state index contributed by atoms with van der Waals surface area (Å²) in [4.78, 5) is 14.5. The topological polar surface area (TPSA) is 67.6 Å². The van der Waals surface area contributed by atoms with Crippen LogP contribution < -0.4 is 11.1 Å². The Labute approximate surface area is 120 Å². The Bertz CT molecular complexity index is 442. The van der Waals surface area contributed by atoms with E-state index >= 15 is 0 Å². The Balaban J connectivity index is 1.95. The van der Waals surface area contributed by atoms with E-state index in [2.05, 4.69) is 10.2 Å². The molecule has 0 radical (unpaired) electrons. The Morgan fingerprint density at radius 1 is 1.45 bits per heavy atom. The standard InChI is InChI=1S/C15H23N3O2/c1-12(18-6-3-8-20-9-7-18)15(19)17-14-5-2-4-13(10-14)11-16/h2,4-5,10,12H,3,6-9,11,16H2,1H3,(H,17,19). The lowest BCUT2D eigenvalue weighted by Crippen LogP contribution is -2.43. The van der Waals surface area contributed by atoms with E-state index in [9.17, 15) is 4.79 Å². The molecule has 0 bridgehead atoms. The van der Waals surface area contributed by atoms with Gasteiger partial charge in [-0.3, -0.25) is 9.69 Å². The van der Waals surface area contributed by atoms with Crippen molar-refractivity contribution in [3.8, 4) is 0 Å². The SMILES string of the molecule is CC(C(=O)Nc1cccc(CN)c1)N1CCCOCC1. The maximum absolute atomic E-state index is 12.3. The highest BCUT2D eigenvalue weighted by molar-refractivity contribution is 5.94. The van der Waals surface area contributed by atoms with Crippen LogP contribution in [0.3, 0.4) is 0 Å². The van der Waals surface area contributed by atoms with Gasteiger partial charge < -0.3 is 15.8 Å². The zero-order chi connectivity index (χ0) is 14.4. The average molecular weight is 277 g/mol. The first-order valence-corrected chi connectivity index (χ1v) is 7.12. The van der Waals surface area contributed by atoms with Crippen molar-refractivity contribution in [1.29, 1.82) is 0 Å². The van der Waals surface area contributed by atoms with E-state index in [1.165, 1.54) is 0 Å². The van der Waals surface area contributed by atoms with Crippen molar-refractivity contribution in [3.05, 3.63) is 29.8 Å². The monoisotopic (exact) mass is 277 g/mol. The number of benzene rings is 1. The van der Waals surface area contributed by atoms with Gasteiger partial charge in [0.1, 0.15) is 0 Å². The molecule has 0 spiro atoms. The molecule has 0 saturated carbocycles. The molecule has 1 unspecified atom stereocenters. The second-order valence-corrected chi connectivity index (χ2v) is 5.07. The number of amides is 1. The van der Waals surface area contributed by atoms with Gasteiger partial charge in [0.15, 0.2) is 0 Å². The van der Waals surface area contributed by atoms with Gasteiger partial charge in [-0.25, -0.2) is 0 Å². The van der Waals surface area contributed by atoms with E-state index in [4.69, 9.17) is 10.5 Å². The second kappa shape index (κ2) is 7.38. The largest absolute Gasteiger partial charge is 0.380 e. The molecule has 1 aliphatic heterocycles. The van der Waals surface area contributed by atoms with Crippen molar-refractivity contribution in [2.75, 3.05) is 31.6 Å². The van der Waals surface area contributed by atoms with Gasteiger partial charge in [-0.05, 0) is 31.0 Å². The number of nitrogens with one attached hydrogen (secondary N) is 1. The van der Waals surface area contributed by atoms with Crippen molar-refractivity contribution in [2.45, 2.75) is 25.9 Å². The van der Waals surface area contributed by atoms with Gasteiger partial charge in [0.2, 0.25) is 5.91 Å². The maximum Gasteiger partial charge on any atom is 0.241 e. The number of nitrogens with two attached hydrogens (primary N) is 1. The number of carbonyl (C=O) groups is 1. The normalized spacial score (nSPS) is 18.3. The number of carbonyl (C=O) groups excluding carboxylic acids is 1. The first-order valence-electron chi connectivity index (χ1n) is 7.12. The van der Waals surface area contributed by atoms with Crippen molar-refractivity contribution < 1.29 is 9.53 Å². The average Bonchev–Trinajstić information content (AvgIpc) is 2.75. The lowest BCUT2D eigenvalue weighted by molar-refractivity contribution is -0.120. The summed E-state index contributed by atoms with van der Waals surface area (Å²) in [6, 6.07) is 7.50. The summed E-state index contributed by atoms with van der Waals surface area (Å²) in [5, 5.41) is 2.96. The molecule has 5 heteroatoms. The van der Waals surface area contributed by atoms with Crippen molar-refractivity contribution in [2.24, 2.45) is 5.73 Å². The molecular formula is C15H23N3O2. The van der Waals surface area contributed by atoms with Crippen LogP contribution in [-0.4, -0.2) is 43.2 Å². The number of anilines is 1. The minimum absolute atomic E-state index is 0.0149.